The molecule has 0 spiro atoms. The van der Waals surface area contributed by atoms with Crippen molar-refractivity contribution >= 4 is 45.7 Å². The third-order valence-corrected chi connectivity index (χ3v) is 4.32. The molecule has 2 nitrogen and oxygen atoms in total. The number of rotatable bonds is 0. The SMILES string of the molecule is S=C1Sc2cc(Cl)ccc2C2=NCCCN12. The van der Waals surface area contributed by atoms with E-state index in [9.17, 15) is 0 Å². The number of aliphatic imine (C=N–C) groups is 1. The molecule has 0 fully saturated rings. The van der Waals surface area contributed by atoms with Crippen LogP contribution in [0.4, 0.5) is 0 Å². The van der Waals surface area contributed by atoms with Crippen molar-refractivity contribution in [3.63, 3.8) is 0 Å². The largest absolute Gasteiger partial charge is 0.311 e. The number of hydrogen-bond donors (Lipinski definition) is 0. The number of amidine groups is 1. The van der Waals surface area contributed by atoms with Crippen molar-refractivity contribution in [3.05, 3.63) is 28.8 Å². The van der Waals surface area contributed by atoms with E-state index in [-0.39, 0.29) is 0 Å². The summed E-state index contributed by atoms with van der Waals surface area (Å²) in [5.74, 6) is 1.02. The molecule has 16 heavy (non-hydrogen) atoms. The minimum absolute atomic E-state index is 0.749. The van der Waals surface area contributed by atoms with E-state index >= 15 is 0 Å². The van der Waals surface area contributed by atoms with E-state index in [0.29, 0.717) is 0 Å². The second kappa shape index (κ2) is 4.02. The lowest BCUT2D eigenvalue weighted by Gasteiger charge is -2.34. The van der Waals surface area contributed by atoms with Gasteiger partial charge in [-0.3, -0.25) is 4.99 Å². The van der Waals surface area contributed by atoms with E-state index < -0.39 is 0 Å². The minimum Gasteiger partial charge on any atom is -0.311 e. The molecule has 0 unspecified atom stereocenters. The highest BCUT2D eigenvalue weighted by Crippen LogP contribution is 2.35. The minimum atomic E-state index is 0.749. The zero-order chi connectivity index (χ0) is 11.1. The van der Waals surface area contributed by atoms with Crippen molar-refractivity contribution in [2.45, 2.75) is 11.3 Å². The molecule has 0 radical (unpaired) electrons. The summed E-state index contributed by atoms with van der Waals surface area (Å²) in [6.07, 6.45) is 1.08. The van der Waals surface area contributed by atoms with Gasteiger partial charge < -0.3 is 4.90 Å². The van der Waals surface area contributed by atoms with Crippen LogP contribution in [-0.2, 0) is 0 Å². The molecule has 2 aliphatic heterocycles. The van der Waals surface area contributed by atoms with Crippen molar-refractivity contribution in [2.24, 2.45) is 4.99 Å². The van der Waals surface area contributed by atoms with Crippen LogP contribution < -0.4 is 0 Å². The van der Waals surface area contributed by atoms with Crippen molar-refractivity contribution in [1.82, 2.24) is 4.90 Å². The summed E-state index contributed by atoms with van der Waals surface area (Å²) in [6.45, 7) is 1.87. The Morgan fingerprint density at radius 2 is 2.31 bits per heavy atom. The fraction of sp³-hybridized carbons (Fsp3) is 0.273. The third-order valence-electron chi connectivity index (χ3n) is 2.66. The van der Waals surface area contributed by atoms with Crippen LogP contribution in [0, 0.1) is 0 Å². The number of benzene rings is 1. The quantitative estimate of drug-likeness (QED) is 0.672. The monoisotopic (exact) mass is 268 g/mol. The van der Waals surface area contributed by atoms with Crippen LogP contribution >= 0.6 is 35.6 Å². The van der Waals surface area contributed by atoms with E-state index in [1.807, 2.05) is 18.2 Å². The van der Waals surface area contributed by atoms with Crippen LogP contribution in [0.3, 0.4) is 0 Å². The number of halogens is 1. The maximum absolute atomic E-state index is 5.99. The van der Waals surface area contributed by atoms with Crippen LogP contribution in [0.15, 0.2) is 28.1 Å². The first-order valence-corrected chi connectivity index (χ1v) is 6.70. The van der Waals surface area contributed by atoms with Crippen molar-refractivity contribution < 1.29 is 0 Å². The molecular formula is C11H9ClN2S2. The number of hydrogen-bond acceptors (Lipinski definition) is 3. The Labute approximate surface area is 109 Å². The van der Waals surface area contributed by atoms with Crippen molar-refractivity contribution in [2.75, 3.05) is 13.1 Å². The van der Waals surface area contributed by atoms with E-state index in [4.69, 9.17) is 23.8 Å². The number of fused-ring (bicyclic) bond motifs is 3. The highest BCUT2D eigenvalue weighted by atomic mass is 35.5. The van der Waals surface area contributed by atoms with Gasteiger partial charge in [-0.15, -0.1) is 0 Å². The zero-order valence-corrected chi connectivity index (χ0v) is 10.8. The molecule has 2 aliphatic rings. The Bertz CT molecular complexity index is 499. The van der Waals surface area contributed by atoms with Crippen LogP contribution in [0.25, 0.3) is 0 Å². The van der Waals surface area contributed by atoms with Gasteiger partial charge in [-0.2, -0.15) is 0 Å². The maximum atomic E-state index is 5.99. The second-order valence-electron chi connectivity index (χ2n) is 3.72. The smallest absolute Gasteiger partial charge is 0.146 e. The predicted molar refractivity (Wildman–Crippen MR) is 72.6 cm³/mol. The standard InChI is InChI=1S/C11H9ClN2S2/c12-7-2-3-8-9(6-7)16-11(15)14-5-1-4-13-10(8)14/h2-3,6H,1,4-5H2. The van der Waals surface area contributed by atoms with Gasteiger partial charge in [-0.05, 0) is 24.6 Å². The van der Waals surface area contributed by atoms with Gasteiger partial charge in [-0.1, -0.05) is 35.6 Å². The molecule has 82 valence electrons. The fourth-order valence-electron chi connectivity index (χ4n) is 1.93. The Balaban J connectivity index is 2.16. The Morgan fingerprint density at radius 3 is 3.19 bits per heavy atom. The van der Waals surface area contributed by atoms with Crippen LogP contribution in [0.2, 0.25) is 5.02 Å². The van der Waals surface area contributed by atoms with Gasteiger partial charge in [0.25, 0.3) is 0 Å². The van der Waals surface area contributed by atoms with Gasteiger partial charge in [0.1, 0.15) is 10.2 Å². The van der Waals surface area contributed by atoms with Gasteiger partial charge in [0.15, 0.2) is 0 Å². The average molecular weight is 269 g/mol. The molecule has 0 aromatic heterocycles. The summed E-state index contributed by atoms with van der Waals surface area (Å²) < 4.78 is 0.883. The molecule has 5 heteroatoms. The van der Waals surface area contributed by atoms with E-state index in [2.05, 4.69) is 9.89 Å². The molecule has 0 N–H and O–H groups in total. The molecule has 0 amide bonds. The topological polar surface area (TPSA) is 15.6 Å². The summed E-state index contributed by atoms with van der Waals surface area (Å²) in [5.41, 5.74) is 1.16. The Morgan fingerprint density at radius 1 is 1.44 bits per heavy atom. The van der Waals surface area contributed by atoms with Gasteiger partial charge in [-0.25, -0.2) is 0 Å². The highest BCUT2D eigenvalue weighted by molar-refractivity contribution is 8.23. The van der Waals surface area contributed by atoms with Gasteiger partial charge in [0.2, 0.25) is 0 Å². The normalized spacial score (nSPS) is 18.9. The number of thioether (sulfide) groups is 1. The molecule has 0 bridgehead atoms. The second-order valence-corrected chi connectivity index (χ2v) is 5.83. The lowest BCUT2D eigenvalue weighted by atomic mass is 10.1. The molecule has 3 rings (SSSR count). The lowest BCUT2D eigenvalue weighted by molar-refractivity contribution is 0.561. The molecule has 1 aromatic rings. The van der Waals surface area contributed by atoms with Crippen molar-refractivity contribution in [3.8, 4) is 0 Å². The molecule has 0 saturated carbocycles. The highest BCUT2D eigenvalue weighted by Gasteiger charge is 2.28. The van der Waals surface area contributed by atoms with Crippen molar-refractivity contribution in [1.29, 1.82) is 0 Å². The molecule has 0 saturated heterocycles. The Hall–Kier alpha value is -0.580. The van der Waals surface area contributed by atoms with Crippen LogP contribution in [0.5, 0.6) is 0 Å². The third kappa shape index (κ3) is 1.65. The van der Waals surface area contributed by atoms with Gasteiger partial charge in [0.05, 0.1) is 0 Å². The molecular weight excluding hydrogens is 260 g/mol. The molecule has 2 heterocycles. The molecule has 1 aromatic carbocycles. The van der Waals surface area contributed by atoms with Gasteiger partial charge in [0, 0.05) is 28.6 Å². The molecule has 0 atom stereocenters. The first-order valence-electron chi connectivity index (χ1n) is 5.09. The zero-order valence-electron chi connectivity index (χ0n) is 8.44. The maximum Gasteiger partial charge on any atom is 0.146 e. The predicted octanol–water partition coefficient (Wildman–Crippen LogP) is 3.18. The van der Waals surface area contributed by atoms with Gasteiger partial charge >= 0.3 is 0 Å². The number of thiocarbonyl (C=S) groups is 1. The summed E-state index contributed by atoms with van der Waals surface area (Å²) in [4.78, 5) is 7.82. The average Bonchev–Trinajstić information content (AvgIpc) is 2.29. The lowest BCUT2D eigenvalue weighted by Crippen LogP contribution is -2.41. The number of nitrogens with zero attached hydrogens (tertiary/aromatic N) is 2. The van der Waals surface area contributed by atoms with E-state index in [1.54, 1.807) is 11.8 Å². The summed E-state index contributed by atoms with van der Waals surface area (Å²) in [7, 11) is 0. The van der Waals surface area contributed by atoms with E-state index in [1.165, 1.54) is 0 Å². The van der Waals surface area contributed by atoms with Crippen LogP contribution in [-0.4, -0.2) is 28.1 Å². The fourth-order valence-corrected chi connectivity index (χ4v) is 3.54. The molecule has 0 aliphatic carbocycles. The Kier molecular flexibility index (Phi) is 2.65. The first kappa shape index (κ1) is 10.6. The summed E-state index contributed by atoms with van der Waals surface area (Å²) in [5, 5.41) is 0.749. The van der Waals surface area contributed by atoms with Crippen LogP contribution in [0.1, 0.15) is 12.0 Å². The first-order chi connectivity index (χ1) is 7.75. The summed E-state index contributed by atoms with van der Waals surface area (Å²) >= 11 is 13.0. The van der Waals surface area contributed by atoms with E-state index in [0.717, 1.165) is 45.1 Å². The summed E-state index contributed by atoms with van der Waals surface area (Å²) in [6, 6.07) is 5.90.